The topological polar surface area (TPSA) is 29.3 Å². The maximum atomic E-state index is 6.07. The van der Waals surface area contributed by atoms with Crippen molar-refractivity contribution in [3.63, 3.8) is 0 Å². The fourth-order valence-electron chi connectivity index (χ4n) is 1.97. The summed E-state index contributed by atoms with van der Waals surface area (Å²) in [4.78, 5) is 2.21. The number of halogens is 1. The van der Waals surface area contributed by atoms with Crippen LogP contribution < -0.4 is 10.6 Å². The van der Waals surface area contributed by atoms with Gasteiger partial charge in [0.05, 0.1) is 11.4 Å². The summed E-state index contributed by atoms with van der Waals surface area (Å²) in [5.74, 6) is 0. The molecule has 2 nitrogen and oxygen atoms in total. The lowest BCUT2D eigenvalue weighted by molar-refractivity contribution is 1.02. The molecule has 0 aromatic heterocycles. The number of hydrogen-bond donors (Lipinski definition) is 1. The van der Waals surface area contributed by atoms with Crippen LogP contribution in [0.3, 0.4) is 0 Å². The normalized spacial score (nSPS) is 10.4. The fraction of sp³-hybridized carbons (Fsp3) is 0.200. The van der Waals surface area contributed by atoms with Gasteiger partial charge in [0.1, 0.15) is 0 Å². The second-order valence-electron chi connectivity index (χ2n) is 4.28. The van der Waals surface area contributed by atoms with Crippen LogP contribution in [-0.2, 0) is 0 Å². The molecule has 0 atom stereocenters. The summed E-state index contributed by atoms with van der Waals surface area (Å²) >= 11 is 3.50. The molecule has 2 aromatic carbocycles. The first-order valence-electron chi connectivity index (χ1n) is 6.01. The Hall–Kier alpha value is -1.48. The quantitative estimate of drug-likeness (QED) is 0.846. The first kappa shape index (κ1) is 13.0. The van der Waals surface area contributed by atoms with Gasteiger partial charge in [-0.05, 0) is 44.2 Å². The number of aryl methyl sites for hydroxylation is 1. The molecule has 2 rings (SSSR count). The average molecular weight is 305 g/mol. The lowest BCUT2D eigenvalue weighted by Crippen LogP contribution is -2.17. The molecule has 0 unspecified atom stereocenters. The van der Waals surface area contributed by atoms with Crippen LogP contribution in [0.25, 0.3) is 0 Å². The summed E-state index contributed by atoms with van der Waals surface area (Å²) in [5, 5.41) is 0. The van der Waals surface area contributed by atoms with Crippen LogP contribution in [0, 0.1) is 6.92 Å². The van der Waals surface area contributed by atoms with Gasteiger partial charge in [-0.25, -0.2) is 0 Å². The Morgan fingerprint density at radius 2 is 1.78 bits per heavy atom. The molecular formula is C15H17BrN2. The molecule has 0 saturated carbocycles. The molecule has 0 aliphatic carbocycles. The third-order valence-electron chi connectivity index (χ3n) is 2.95. The van der Waals surface area contributed by atoms with Crippen molar-refractivity contribution in [3.05, 3.63) is 52.5 Å². The van der Waals surface area contributed by atoms with E-state index in [0.717, 1.165) is 28.1 Å². The monoisotopic (exact) mass is 304 g/mol. The molecule has 3 heteroatoms. The zero-order valence-electron chi connectivity index (χ0n) is 10.7. The summed E-state index contributed by atoms with van der Waals surface area (Å²) in [6.45, 7) is 5.09. The zero-order chi connectivity index (χ0) is 13.1. The van der Waals surface area contributed by atoms with E-state index in [1.807, 2.05) is 12.1 Å². The minimum Gasteiger partial charge on any atom is -0.397 e. The van der Waals surface area contributed by atoms with E-state index < -0.39 is 0 Å². The molecular weight excluding hydrogens is 288 g/mol. The Balaban J connectivity index is 2.44. The highest BCUT2D eigenvalue weighted by atomic mass is 79.9. The van der Waals surface area contributed by atoms with Gasteiger partial charge in [-0.15, -0.1) is 0 Å². The summed E-state index contributed by atoms with van der Waals surface area (Å²) in [6.07, 6.45) is 0. The highest BCUT2D eigenvalue weighted by Crippen LogP contribution is 2.32. The largest absolute Gasteiger partial charge is 0.397 e. The summed E-state index contributed by atoms with van der Waals surface area (Å²) in [5.41, 5.74) is 10.3. The average Bonchev–Trinajstić information content (AvgIpc) is 2.37. The van der Waals surface area contributed by atoms with E-state index in [1.54, 1.807) is 0 Å². The van der Waals surface area contributed by atoms with Crippen molar-refractivity contribution in [3.8, 4) is 0 Å². The number of nitrogens with zero attached hydrogens (tertiary/aromatic N) is 1. The predicted molar refractivity (Wildman–Crippen MR) is 82.4 cm³/mol. The van der Waals surface area contributed by atoms with E-state index in [-0.39, 0.29) is 0 Å². The van der Waals surface area contributed by atoms with Gasteiger partial charge in [0, 0.05) is 16.7 Å². The van der Waals surface area contributed by atoms with E-state index in [9.17, 15) is 0 Å². The molecule has 2 aromatic rings. The van der Waals surface area contributed by atoms with E-state index in [1.165, 1.54) is 5.56 Å². The zero-order valence-corrected chi connectivity index (χ0v) is 12.2. The first-order chi connectivity index (χ1) is 8.61. The lowest BCUT2D eigenvalue weighted by Gasteiger charge is -2.25. The molecule has 0 radical (unpaired) electrons. The van der Waals surface area contributed by atoms with Crippen molar-refractivity contribution in [1.29, 1.82) is 0 Å². The Bertz CT molecular complexity index is 535. The minimum absolute atomic E-state index is 0.792. The van der Waals surface area contributed by atoms with Crippen LogP contribution in [0.4, 0.5) is 17.1 Å². The van der Waals surface area contributed by atoms with Gasteiger partial charge >= 0.3 is 0 Å². The van der Waals surface area contributed by atoms with Gasteiger partial charge in [-0.2, -0.15) is 0 Å². The third kappa shape index (κ3) is 2.67. The maximum absolute atomic E-state index is 6.07. The molecule has 94 valence electrons. The minimum atomic E-state index is 0.792. The molecule has 18 heavy (non-hydrogen) atoms. The molecule has 0 aliphatic rings. The summed E-state index contributed by atoms with van der Waals surface area (Å²) in [6, 6.07) is 14.4. The number of hydrogen-bond acceptors (Lipinski definition) is 2. The van der Waals surface area contributed by atoms with Crippen LogP contribution >= 0.6 is 15.9 Å². The van der Waals surface area contributed by atoms with E-state index in [2.05, 4.69) is 65.0 Å². The van der Waals surface area contributed by atoms with Crippen LogP contribution in [-0.4, -0.2) is 6.54 Å². The van der Waals surface area contributed by atoms with Gasteiger partial charge in [-0.1, -0.05) is 33.6 Å². The second-order valence-corrected chi connectivity index (χ2v) is 5.20. The highest BCUT2D eigenvalue weighted by Gasteiger charge is 2.10. The Morgan fingerprint density at radius 1 is 1.11 bits per heavy atom. The van der Waals surface area contributed by atoms with Crippen molar-refractivity contribution in [2.45, 2.75) is 13.8 Å². The third-order valence-corrected chi connectivity index (χ3v) is 3.44. The summed E-state index contributed by atoms with van der Waals surface area (Å²) in [7, 11) is 0. The SMILES string of the molecule is CCN(c1ccc(C)cc1)c1cc(Br)ccc1N. The van der Waals surface area contributed by atoms with Gasteiger partial charge in [0.25, 0.3) is 0 Å². The molecule has 0 fully saturated rings. The molecule has 0 amide bonds. The van der Waals surface area contributed by atoms with Gasteiger partial charge in [-0.3, -0.25) is 0 Å². The Morgan fingerprint density at radius 3 is 2.39 bits per heavy atom. The van der Waals surface area contributed by atoms with E-state index in [4.69, 9.17) is 5.73 Å². The number of benzene rings is 2. The van der Waals surface area contributed by atoms with Crippen LogP contribution in [0.15, 0.2) is 46.9 Å². The number of nitrogen functional groups attached to an aromatic ring is 1. The molecule has 0 spiro atoms. The number of rotatable bonds is 3. The van der Waals surface area contributed by atoms with Gasteiger partial charge in [0.15, 0.2) is 0 Å². The van der Waals surface area contributed by atoms with Crippen molar-refractivity contribution < 1.29 is 0 Å². The predicted octanol–water partition coefficient (Wildman–Crippen LogP) is 4.50. The van der Waals surface area contributed by atoms with E-state index >= 15 is 0 Å². The van der Waals surface area contributed by atoms with Crippen molar-refractivity contribution >= 4 is 33.0 Å². The molecule has 0 heterocycles. The van der Waals surface area contributed by atoms with Crippen molar-refractivity contribution in [1.82, 2.24) is 0 Å². The molecule has 0 bridgehead atoms. The van der Waals surface area contributed by atoms with Gasteiger partial charge in [0.2, 0.25) is 0 Å². The van der Waals surface area contributed by atoms with Crippen molar-refractivity contribution in [2.24, 2.45) is 0 Å². The van der Waals surface area contributed by atoms with Crippen LogP contribution in [0.5, 0.6) is 0 Å². The van der Waals surface area contributed by atoms with Crippen molar-refractivity contribution in [2.75, 3.05) is 17.2 Å². The van der Waals surface area contributed by atoms with Gasteiger partial charge < -0.3 is 10.6 Å². The lowest BCUT2D eigenvalue weighted by atomic mass is 10.2. The number of nitrogens with two attached hydrogens (primary N) is 1. The number of anilines is 3. The smallest absolute Gasteiger partial charge is 0.0655 e. The van der Waals surface area contributed by atoms with Crippen LogP contribution in [0.1, 0.15) is 12.5 Å². The first-order valence-corrected chi connectivity index (χ1v) is 6.80. The maximum Gasteiger partial charge on any atom is 0.0655 e. The Labute approximate surface area is 117 Å². The summed E-state index contributed by atoms with van der Waals surface area (Å²) < 4.78 is 1.04. The highest BCUT2D eigenvalue weighted by molar-refractivity contribution is 9.10. The molecule has 2 N–H and O–H groups in total. The van der Waals surface area contributed by atoms with E-state index in [0.29, 0.717) is 0 Å². The molecule has 0 saturated heterocycles. The second kappa shape index (κ2) is 5.44. The fourth-order valence-corrected chi connectivity index (χ4v) is 2.32. The Kier molecular flexibility index (Phi) is 3.92. The molecule has 0 aliphatic heterocycles. The van der Waals surface area contributed by atoms with Crippen LogP contribution in [0.2, 0.25) is 0 Å². The standard InChI is InChI=1S/C15H17BrN2/c1-3-18(13-7-4-11(2)5-8-13)15-10-12(16)6-9-14(15)17/h4-10H,3,17H2,1-2H3.